The van der Waals surface area contributed by atoms with E-state index in [0.29, 0.717) is 24.6 Å². The summed E-state index contributed by atoms with van der Waals surface area (Å²) >= 11 is 0. The van der Waals surface area contributed by atoms with Crippen molar-refractivity contribution in [2.45, 2.75) is 32.2 Å². The number of rotatable bonds is 6. The molecular formula is C22H29FIN7O. The number of hydrogen-bond acceptors (Lipinski definition) is 5. The number of aromatic nitrogens is 3. The van der Waals surface area contributed by atoms with Gasteiger partial charge in [0, 0.05) is 44.8 Å². The molecule has 3 heterocycles. The number of aliphatic imine (C=N–C) groups is 1. The number of H-pyrrole nitrogens is 1. The summed E-state index contributed by atoms with van der Waals surface area (Å²) in [6.45, 7) is 4.44. The Kier molecular flexibility index (Phi) is 8.48. The van der Waals surface area contributed by atoms with E-state index in [2.05, 4.69) is 35.7 Å². The van der Waals surface area contributed by atoms with E-state index < -0.39 is 0 Å². The first kappa shape index (κ1) is 24.0. The number of aryl methyl sites for hydroxylation is 1. The van der Waals surface area contributed by atoms with Crippen LogP contribution in [0, 0.1) is 12.7 Å². The average Bonchev–Trinajstić information content (AvgIpc) is 3.45. The largest absolute Gasteiger partial charge is 0.461 e. The van der Waals surface area contributed by atoms with E-state index in [1.54, 1.807) is 19.4 Å². The minimum Gasteiger partial charge on any atom is -0.461 e. The van der Waals surface area contributed by atoms with Crippen molar-refractivity contribution in [2.24, 2.45) is 4.99 Å². The molecule has 1 atom stereocenters. The maximum atomic E-state index is 13.5. The number of benzene rings is 1. The van der Waals surface area contributed by atoms with Crippen LogP contribution >= 0.6 is 24.0 Å². The molecule has 4 rings (SSSR count). The monoisotopic (exact) mass is 553 g/mol. The number of aromatic amines is 1. The molecule has 1 aliphatic heterocycles. The third-order valence-electron chi connectivity index (χ3n) is 5.41. The highest BCUT2D eigenvalue weighted by atomic mass is 127. The molecule has 0 amide bonds. The summed E-state index contributed by atoms with van der Waals surface area (Å²) in [7, 11) is 1.77. The molecule has 0 bridgehead atoms. The van der Waals surface area contributed by atoms with Gasteiger partial charge < -0.3 is 20.0 Å². The molecule has 0 radical (unpaired) electrons. The van der Waals surface area contributed by atoms with Crippen LogP contribution in [-0.2, 0) is 6.42 Å². The highest BCUT2D eigenvalue weighted by Crippen LogP contribution is 2.24. The van der Waals surface area contributed by atoms with Gasteiger partial charge in [-0.3, -0.25) is 10.1 Å². The van der Waals surface area contributed by atoms with E-state index in [9.17, 15) is 4.39 Å². The summed E-state index contributed by atoms with van der Waals surface area (Å²) in [5.41, 5.74) is 2.05. The molecule has 0 saturated carbocycles. The van der Waals surface area contributed by atoms with E-state index in [1.807, 2.05) is 25.1 Å². The standard InChI is InChI=1S/C22H28FN7O.HI/c1-15-13-16(23)7-8-18(15)30-11-3-5-17(14-30)26-22(24-2)25-10-9-20-27-21(29-28-20)19-6-4-12-31-19;/h4,6-8,12-13,17H,3,5,9-11,14H2,1-2H3,(H2,24,25,26)(H,27,28,29);1H. The second-order valence-corrected chi connectivity index (χ2v) is 7.69. The second kappa shape index (κ2) is 11.3. The summed E-state index contributed by atoms with van der Waals surface area (Å²) in [4.78, 5) is 11.1. The van der Waals surface area contributed by atoms with Crippen molar-refractivity contribution in [3.8, 4) is 11.6 Å². The molecule has 1 aliphatic rings. The maximum Gasteiger partial charge on any atom is 0.216 e. The summed E-state index contributed by atoms with van der Waals surface area (Å²) < 4.78 is 18.8. The molecule has 1 saturated heterocycles. The predicted molar refractivity (Wildman–Crippen MR) is 134 cm³/mol. The number of guanidine groups is 1. The van der Waals surface area contributed by atoms with Crippen LogP contribution in [-0.4, -0.2) is 53.9 Å². The van der Waals surface area contributed by atoms with Gasteiger partial charge in [0.25, 0.3) is 0 Å². The fraction of sp³-hybridized carbons (Fsp3) is 0.409. The van der Waals surface area contributed by atoms with E-state index in [0.717, 1.165) is 49.0 Å². The Balaban J connectivity index is 0.00000289. The van der Waals surface area contributed by atoms with Gasteiger partial charge in [0.05, 0.1) is 6.26 Å². The SMILES string of the molecule is CN=C(NCCc1nc(-c2ccco2)n[nH]1)NC1CCCN(c2ccc(F)cc2C)C1.I. The van der Waals surface area contributed by atoms with Gasteiger partial charge >= 0.3 is 0 Å². The van der Waals surface area contributed by atoms with Gasteiger partial charge in [-0.15, -0.1) is 24.0 Å². The Morgan fingerprint density at radius 3 is 3.00 bits per heavy atom. The highest BCUT2D eigenvalue weighted by Gasteiger charge is 2.22. The van der Waals surface area contributed by atoms with Gasteiger partial charge in [0.2, 0.25) is 5.82 Å². The Bertz CT molecular complexity index is 1020. The molecule has 32 heavy (non-hydrogen) atoms. The van der Waals surface area contributed by atoms with E-state index >= 15 is 0 Å². The van der Waals surface area contributed by atoms with Crippen LogP contribution in [0.15, 0.2) is 46.0 Å². The Morgan fingerprint density at radius 2 is 2.25 bits per heavy atom. The number of piperidine rings is 1. The molecule has 0 spiro atoms. The van der Waals surface area contributed by atoms with Gasteiger partial charge in [0.1, 0.15) is 11.6 Å². The molecule has 172 valence electrons. The molecule has 10 heteroatoms. The molecule has 2 aromatic heterocycles. The fourth-order valence-corrected chi connectivity index (χ4v) is 3.90. The molecule has 1 fully saturated rings. The minimum absolute atomic E-state index is 0. The van der Waals surface area contributed by atoms with E-state index in [-0.39, 0.29) is 35.8 Å². The van der Waals surface area contributed by atoms with Crippen molar-refractivity contribution in [1.29, 1.82) is 0 Å². The summed E-state index contributed by atoms with van der Waals surface area (Å²) in [6, 6.07) is 8.90. The third kappa shape index (κ3) is 5.99. The van der Waals surface area contributed by atoms with Crippen molar-refractivity contribution < 1.29 is 8.81 Å². The number of nitrogens with one attached hydrogen (secondary N) is 3. The predicted octanol–water partition coefficient (Wildman–Crippen LogP) is 3.51. The summed E-state index contributed by atoms with van der Waals surface area (Å²) in [5, 5.41) is 14.0. The van der Waals surface area contributed by atoms with Crippen molar-refractivity contribution in [3.05, 3.63) is 53.8 Å². The quantitative estimate of drug-likeness (QED) is 0.246. The number of nitrogens with zero attached hydrogens (tertiary/aromatic N) is 4. The Hall–Kier alpha value is -2.63. The van der Waals surface area contributed by atoms with Crippen LogP contribution in [0.5, 0.6) is 0 Å². The first-order valence-electron chi connectivity index (χ1n) is 10.6. The zero-order valence-corrected chi connectivity index (χ0v) is 20.6. The van der Waals surface area contributed by atoms with Crippen LogP contribution < -0.4 is 15.5 Å². The summed E-state index contributed by atoms with van der Waals surface area (Å²) in [5.74, 6) is 2.55. The van der Waals surface area contributed by atoms with Gasteiger partial charge in [-0.05, 0) is 55.7 Å². The van der Waals surface area contributed by atoms with Crippen LogP contribution in [0.2, 0.25) is 0 Å². The van der Waals surface area contributed by atoms with Crippen molar-refractivity contribution >= 4 is 35.6 Å². The third-order valence-corrected chi connectivity index (χ3v) is 5.41. The first-order chi connectivity index (χ1) is 15.1. The number of halogens is 2. The van der Waals surface area contributed by atoms with Gasteiger partial charge in [-0.2, -0.15) is 5.10 Å². The van der Waals surface area contributed by atoms with E-state index in [4.69, 9.17) is 4.42 Å². The lowest BCUT2D eigenvalue weighted by atomic mass is 10.0. The molecule has 1 aromatic carbocycles. The lowest BCUT2D eigenvalue weighted by molar-refractivity contribution is 0.467. The molecule has 3 N–H and O–H groups in total. The maximum absolute atomic E-state index is 13.5. The minimum atomic E-state index is -0.194. The molecule has 3 aromatic rings. The topological polar surface area (TPSA) is 94.4 Å². The average molecular weight is 553 g/mol. The lowest BCUT2D eigenvalue weighted by Crippen LogP contribution is -2.51. The fourth-order valence-electron chi connectivity index (χ4n) is 3.90. The summed E-state index contributed by atoms with van der Waals surface area (Å²) in [6.07, 6.45) is 4.41. The zero-order chi connectivity index (χ0) is 21.6. The van der Waals surface area contributed by atoms with E-state index in [1.165, 1.54) is 6.07 Å². The molecular weight excluding hydrogens is 524 g/mol. The normalized spacial score (nSPS) is 16.5. The van der Waals surface area contributed by atoms with Gasteiger partial charge in [-0.25, -0.2) is 9.37 Å². The molecule has 0 aliphatic carbocycles. The zero-order valence-electron chi connectivity index (χ0n) is 18.3. The van der Waals surface area contributed by atoms with Crippen LogP contribution in [0.25, 0.3) is 11.6 Å². The molecule has 8 nitrogen and oxygen atoms in total. The Labute approximate surface area is 204 Å². The smallest absolute Gasteiger partial charge is 0.216 e. The van der Waals surface area contributed by atoms with Gasteiger partial charge in [-0.1, -0.05) is 0 Å². The van der Waals surface area contributed by atoms with Crippen LogP contribution in [0.4, 0.5) is 10.1 Å². The van der Waals surface area contributed by atoms with Crippen molar-refractivity contribution in [1.82, 2.24) is 25.8 Å². The second-order valence-electron chi connectivity index (χ2n) is 7.69. The van der Waals surface area contributed by atoms with Crippen molar-refractivity contribution in [3.63, 3.8) is 0 Å². The number of hydrogen-bond donors (Lipinski definition) is 3. The first-order valence-corrected chi connectivity index (χ1v) is 10.6. The van der Waals surface area contributed by atoms with Crippen LogP contribution in [0.1, 0.15) is 24.2 Å². The molecule has 1 unspecified atom stereocenters. The number of furan rings is 1. The van der Waals surface area contributed by atoms with Crippen molar-refractivity contribution in [2.75, 3.05) is 31.6 Å². The van der Waals surface area contributed by atoms with Crippen LogP contribution in [0.3, 0.4) is 0 Å². The Morgan fingerprint density at radius 1 is 1.38 bits per heavy atom. The van der Waals surface area contributed by atoms with Gasteiger partial charge in [0.15, 0.2) is 11.7 Å². The number of anilines is 1. The highest BCUT2D eigenvalue weighted by molar-refractivity contribution is 14.0. The lowest BCUT2D eigenvalue weighted by Gasteiger charge is -2.36.